The molecule has 1 aliphatic heterocycles. The van der Waals surface area contributed by atoms with E-state index in [4.69, 9.17) is 4.74 Å². The molecule has 3 atom stereocenters. The van der Waals surface area contributed by atoms with Crippen molar-refractivity contribution in [3.8, 4) is 0 Å². The molecule has 0 aromatic heterocycles. The SMILES string of the molecule is CC(C)CNC(=O)[C@H](C)OC(=O)CN1C(=O)N[C@@]2(CCCC[C@H]2C)C1=O. The van der Waals surface area contributed by atoms with E-state index in [9.17, 15) is 19.2 Å². The molecule has 0 radical (unpaired) electrons. The van der Waals surface area contributed by atoms with Gasteiger partial charge in [-0.05, 0) is 31.6 Å². The van der Waals surface area contributed by atoms with Crippen LogP contribution in [-0.2, 0) is 19.1 Å². The number of hydrogen-bond acceptors (Lipinski definition) is 5. The first-order valence-corrected chi connectivity index (χ1v) is 9.28. The molecule has 0 unspecified atom stereocenters. The number of urea groups is 1. The lowest BCUT2D eigenvalue weighted by Gasteiger charge is -2.36. The second kappa shape index (κ2) is 8.05. The Morgan fingerprint density at radius 3 is 2.62 bits per heavy atom. The minimum Gasteiger partial charge on any atom is -0.451 e. The van der Waals surface area contributed by atoms with Crippen LogP contribution < -0.4 is 10.6 Å². The molecule has 146 valence electrons. The third-order valence-corrected chi connectivity index (χ3v) is 5.15. The lowest BCUT2D eigenvalue weighted by Crippen LogP contribution is -2.54. The summed E-state index contributed by atoms with van der Waals surface area (Å²) in [6.45, 7) is 7.31. The number of nitrogens with one attached hydrogen (secondary N) is 2. The van der Waals surface area contributed by atoms with E-state index in [2.05, 4.69) is 10.6 Å². The van der Waals surface area contributed by atoms with Gasteiger partial charge < -0.3 is 15.4 Å². The van der Waals surface area contributed by atoms with E-state index in [0.29, 0.717) is 13.0 Å². The number of nitrogens with zero attached hydrogens (tertiary/aromatic N) is 1. The average molecular weight is 367 g/mol. The number of amides is 4. The molecule has 1 saturated carbocycles. The molecule has 2 aliphatic rings. The molecule has 2 N–H and O–H groups in total. The number of esters is 1. The van der Waals surface area contributed by atoms with Crippen LogP contribution in [0.5, 0.6) is 0 Å². The molecule has 1 spiro atoms. The molecule has 2 fully saturated rings. The van der Waals surface area contributed by atoms with Gasteiger partial charge >= 0.3 is 12.0 Å². The lowest BCUT2D eigenvalue weighted by atomic mass is 9.73. The van der Waals surface area contributed by atoms with Crippen molar-refractivity contribution in [3.05, 3.63) is 0 Å². The van der Waals surface area contributed by atoms with Crippen molar-refractivity contribution in [2.75, 3.05) is 13.1 Å². The van der Waals surface area contributed by atoms with Gasteiger partial charge in [0.05, 0.1) is 0 Å². The minimum absolute atomic E-state index is 0.0226. The molecule has 1 heterocycles. The molecular weight excluding hydrogens is 338 g/mol. The second-order valence-corrected chi connectivity index (χ2v) is 7.71. The maximum atomic E-state index is 12.8. The maximum absolute atomic E-state index is 12.8. The molecular formula is C18H29N3O5. The first kappa shape index (κ1) is 20.2. The zero-order chi connectivity index (χ0) is 19.5. The predicted molar refractivity (Wildman–Crippen MR) is 94.0 cm³/mol. The fourth-order valence-electron chi connectivity index (χ4n) is 3.50. The number of carbonyl (C=O) groups excluding carboxylic acids is 4. The van der Waals surface area contributed by atoms with E-state index < -0.39 is 36.1 Å². The molecule has 1 aliphatic carbocycles. The Bertz CT molecular complexity index is 591. The topological polar surface area (TPSA) is 105 Å². The Balaban J connectivity index is 1.93. The summed E-state index contributed by atoms with van der Waals surface area (Å²) in [4.78, 5) is 49.9. The van der Waals surface area contributed by atoms with Crippen LogP contribution in [0.2, 0.25) is 0 Å². The van der Waals surface area contributed by atoms with E-state index in [1.807, 2.05) is 20.8 Å². The van der Waals surface area contributed by atoms with Crippen molar-refractivity contribution in [3.63, 3.8) is 0 Å². The molecule has 0 aromatic rings. The van der Waals surface area contributed by atoms with Crippen LogP contribution >= 0.6 is 0 Å². The average Bonchev–Trinajstić information content (AvgIpc) is 2.80. The number of imide groups is 1. The van der Waals surface area contributed by atoms with Crippen molar-refractivity contribution in [2.24, 2.45) is 11.8 Å². The van der Waals surface area contributed by atoms with Gasteiger partial charge in [-0.3, -0.25) is 19.3 Å². The van der Waals surface area contributed by atoms with Crippen LogP contribution in [0, 0.1) is 11.8 Å². The highest BCUT2D eigenvalue weighted by atomic mass is 16.5. The van der Waals surface area contributed by atoms with Gasteiger partial charge in [-0.25, -0.2) is 4.79 Å². The Morgan fingerprint density at radius 1 is 1.31 bits per heavy atom. The number of carbonyl (C=O) groups is 4. The third kappa shape index (κ3) is 4.16. The first-order valence-electron chi connectivity index (χ1n) is 9.28. The Kier molecular flexibility index (Phi) is 6.26. The largest absolute Gasteiger partial charge is 0.451 e. The van der Waals surface area contributed by atoms with Gasteiger partial charge in [0.1, 0.15) is 12.1 Å². The van der Waals surface area contributed by atoms with Crippen molar-refractivity contribution in [2.45, 2.75) is 65.0 Å². The van der Waals surface area contributed by atoms with Gasteiger partial charge in [-0.1, -0.05) is 33.6 Å². The summed E-state index contributed by atoms with van der Waals surface area (Å²) in [6.07, 6.45) is 2.35. The molecule has 0 aromatic carbocycles. The van der Waals surface area contributed by atoms with Crippen LogP contribution in [0.1, 0.15) is 53.4 Å². The number of ether oxygens (including phenoxy) is 1. The maximum Gasteiger partial charge on any atom is 0.327 e. The predicted octanol–water partition coefficient (Wildman–Crippen LogP) is 1.19. The Labute approximate surface area is 154 Å². The van der Waals surface area contributed by atoms with Gasteiger partial charge in [-0.15, -0.1) is 0 Å². The quantitative estimate of drug-likeness (QED) is 0.542. The van der Waals surface area contributed by atoms with Crippen molar-refractivity contribution in [1.29, 1.82) is 0 Å². The normalized spacial score (nSPS) is 26.8. The molecule has 8 nitrogen and oxygen atoms in total. The van der Waals surface area contributed by atoms with Gasteiger partial charge in [0.15, 0.2) is 6.10 Å². The molecule has 0 bridgehead atoms. The summed E-state index contributed by atoms with van der Waals surface area (Å²) in [5, 5.41) is 5.46. The van der Waals surface area contributed by atoms with Crippen molar-refractivity contribution < 1.29 is 23.9 Å². The van der Waals surface area contributed by atoms with Crippen LogP contribution in [0.3, 0.4) is 0 Å². The van der Waals surface area contributed by atoms with Crippen LogP contribution in [0.25, 0.3) is 0 Å². The van der Waals surface area contributed by atoms with Crippen molar-refractivity contribution >= 4 is 23.8 Å². The number of rotatable bonds is 6. The highest BCUT2D eigenvalue weighted by Crippen LogP contribution is 2.38. The standard InChI is InChI=1S/C18H29N3O5/c1-11(2)9-19-15(23)13(4)26-14(22)10-21-16(24)18(20-17(21)25)8-6-5-7-12(18)3/h11-13H,5-10H2,1-4H3,(H,19,23)(H,20,25)/t12-,13+,18-/m1/s1. The summed E-state index contributed by atoms with van der Waals surface area (Å²) >= 11 is 0. The second-order valence-electron chi connectivity index (χ2n) is 7.71. The molecule has 1 saturated heterocycles. The molecule has 8 heteroatoms. The smallest absolute Gasteiger partial charge is 0.327 e. The lowest BCUT2D eigenvalue weighted by molar-refractivity contribution is -0.157. The van der Waals surface area contributed by atoms with Gasteiger partial charge in [-0.2, -0.15) is 0 Å². The van der Waals surface area contributed by atoms with E-state index in [1.54, 1.807) is 0 Å². The summed E-state index contributed by atoms with van der Waals surface area (Å²) < 4.78 is 5.08. The summed E-state index contributed by atoms with van der Waals surface area (Å²) in [5.41, 5.74) is -0.907. The Hall–Kier alpha value is -2.12. The van der Waals surface area contributed by atoms with E-state index in [1.165, 1.54) is 6.92 Å². The monoisotopic (exact) mass is 367 g/mol. The summed E-state index contributed by atoms with van der Waals surface area (Å²) in [5.74, 6) is -1.25. The fraction of sp³-hybridized carbons (Fsp3) is 0.778. The van der Waals surface area contributed by atoms with Gasteiger partial charge in [0, 0.05) is 6.54 Å². The fourth-order valence-corrected chi connectivity index (χ4v) is 3.50. The zero-order valence-corrected chi connectivity index (χ0v) is 16.0. The first-order chi connectivity index (χ1) is 12.2. The van der Waals surface area contributed by atoms with E-state index >= 15 is 0 Å². The highest BCUT2D eigenvalue weighted by Gasteiger charge is 2.55. The molecule has 26 heavy (non-hydrogen) atoms. The van der Waals surface area contributed by atoms with Crippen LogP contribution in [-0.4, -0.2) is 53.4 Å². The van der Waals surface area contributed by atoms with Crippen molar-refractivity contribution in [1.82, 2.24) is 15.5 Å². The molecule has 4 amide bonds. The summed E-state index contributed by atoms with van der Waals surface area (Å²) in [6, 6.07) is -0.572. The zero-order valence-electron chi connectivity index (χ0n) is 16.0. The van der Waals surface area contributed by atoms with Gasteiger partial charge in [0.25, 0.3) is 11.8 Å². The third-order valence-electron chi connectivity index (χ3n) is 5.15. The highest BCUT2D eigenvalue weighted by molar-refractivity contribution is 6.09. The minimum atomic E-state index is -0.982. The summed E-state index contributed by atoms with van der Waals surface area (Å²) in [7, 11) is 0. The number of hydrogen-bond donors (Lipinski definition) is 2. The van der Waals surface area contributed by atoms with Gasteiger partial charge in [0.2, 0.25) is 0 Å². The van der Waals surface area contributed by atoms with E-state index in [0.717, 1.165) is 24.2 Å². The molecule has 2 rings (SSSR count). The Morgan fingerprint density at radius 2 is 2.00 bits per heavy atom. The van der Waals surface area contributed by atoms with E-state index in [-0.39, 0.29) is 17.7 Å². The van der Waals surface area contributed by atoms with Crippen LogP contribution in [0.15, 0.2) is 0 Å². The van der Waals surface area contributed by atoms with Crippen LogP contribution in [0.4, 0.5) is 4.79 Å².